The van der Waals surface area contributed by atoms with Gasteiger partial charge in [0.15, 0.2) is 5.69 Å². The van der Waals surface area contributed by atoms with E-state index in [9.17, 15) is 4.79 Å². The number of rotatable bonds is 4. The number of hydrogen-bond donors (Lipinski definition) is 0. The van der Waals surface area contributed by atoms with Crippen molar-refractivity contribution >= 4 is 5.91 Å². The van der Waals surface area contributed by atoms with E-state index in [2.05, 4.69) is 5.16 Å². The number of morpholine rings is 1. The third-order valence-corrected chi connectivity index (χ3v) is 4.76. The van der Waals surface area contributed by atoms with Gasteiger partial charge in [-0.25, -0.2) is 0 Å². The summed E-state index contributed by atoms with van der Waals surface area (Å²) in [5, 5.41) is 3.84. The molecule has 0 bridgehead atoms. The Labute approximate surface area is 130 Å². The maximum Gasteiger partial charge on any atom is 0.276 e. The molecule has 0 N–H and O–H groups in total. The molecule has 1 saturated heterocycles. The standard InChI is InChI=1S/C16H24N2O4/c1-3-20-10-13-5-4-6-16(13)11-18(7-8-21-16)15(19)14-9-12(2)22-17-14/h9,13H,3-8,10-11H2,1-2H3/t13-,16-/m1/s1. The summed E-state index contributed by atoms with van der Waals surface area (Å²) in [4.78, 5) is 14.4. The number of amides is 1. The molecule has 1 amide bonds. The highest BCUT2D eigenvalue weighted by molar-refractivity contribution is 5.92. The third kappa shape index (κ3) is 2.90. The summed E-state index contributed by atoms with van der Waals surface area (Å²) in [6, 6.07) is 1.69. The van der Waals surface area contributed by atoms with Crippen molar-refractivity contribution in [3.05, 3.63) is 17.5 Å². The fraction of sp³-hybridized carbons (Fsp3) is 0.750. The van der Waals surface area contributed by atoms with Gasteiger partial charge in [-0.1, -0.05) is 11.6 Å². The second kappa shape index (κ2) is 6.38. The molecule has 6 nitrogen and oxygen atoms in total. The molecule has 1 spiro atoms. The molecule has 1 aromatic heterocycles. The van der Waals surface area contributed by atoms with Crippen LogP contribution in [0.2, 0.25) is 0 Å². The molecular formula is C16H24N2O4. The Kier molecular flexibility index (Phi) is 4.49. The lowest BCUT2D eigenvalue weighted by Crippen LogP contribution is -2.56. The van der Waals surface area contributed by atoms with E-state index in [1.807, 2.05) is 11.8 Å². The molecule has 122 valence electrons. The zero-order valence-electron chi connectivity index (χ0n) is 13.3. The normalized spacial score (nSPS) is 28.5. The van der Waals surface area contributed by atoms with Gasteiger partial charge >= 0.3 is 0 Å². The van der Waals surface area contributed by atoms with E-state index in [0.717, 1.165) is 19.3 Å². The van der Waals surface area contributed by atoms with E-state index >= 15 is 0 Å². The predicted octanol–water partition coefficient (Wildman–Crippen LogP) is 2.03. The number of hydrogen-bond acceptors (Lipinski definition) is 5. The fourth-order valence-corrected chi connectivity index (χ4v) is 3.62. The first-order chi connectivity index (χ1) is 10.6. The Balaban J connectivity index is 1.71. The smallest absolute Gasteiger partial charge is 0.276 e. The van der Waals surface area contributed by atoms with Crippen LogP contribution in [-0.4, -0.2) is 54.5 Å². The molecular weight excluding hydrogens is 284 g/mol. The van der Waals surface area contributed by atoms with E-state index in [1.54, 1.807) is 13.0 Å². The summed E-state index contributed by atoms with van der Waals surface area (Å²) in [5.41, 5.74) is 0.135. The summed E-state index contributed by atoms with van der Waals surface area (Å²) < 4.78 is 16.8. The van der Waals surface area contributed by atoms with Gasteiger partial charge in [0.25, 0.3) is 5.91 Å². The highest BCUT2D eigenvalue weighted by atomic mass is 16.5. The molecule has 1 aliphatic heterocycles. The average molecular weight is 308 g/mol. The molecule has 2 fully saturated rings. The summed E-state index contributed by atoms with van der Waals surface area (Å²) in [6.07, 6.45) is 3.22. The minimum absolute atomic E-state index is 0.0680. The quantitative estimate of drug-likeness (QED) is 0.851. The third-order valence-electron chi connectivity index (χ3n) is 4.76. The number of nitrogens with zero attached hydrogens (tertiary/aromatic N) is 2. The van der Waals surface area contributed by atoms with Crippen molar-refractivity contribution in [2.45, 2.75) is 38.7 Å². The zero-order valence-corrected chi connectivity index (χ0v) is 13.3. The van der Waals surface area contributed by atoms with Crippen molar-refractivity contribution in [3.63, 3.8) is 0 Å². The monoisotopic (exact) mass is 308 g/mol. The lowest BCUT2D eigenvalue weighted by Gasteiger charge is -2.43. The first kappa shape index (κ1) is 15.5. The summed E-state index contributed by atoms with van der Waals surface area (Å²) >= 11 is 0. The van der Waals surface area contributed by atoms with Gasteiger partial charge < -0.3 is 18.9 Å². The predicted molar refractivity (Wildman–Crippen MR) is 79.7 cm³/mol. The van der Waals surface area contributed by atoms with Crippen LogP contribution in [0, 0.1) is 12.8 Å². The largest absolute Gasteiger partial charge is 0.381 e. The molecule has 3 rings (SSSR count). The lowest BCUT2D eigenvalue weighted by molar-refractivity contribution is -0.132. The van der Waals surface area contributed by atoms with Gasteiger partial charge in [0.05, 0.1) is 25.4 Å². The summed E-state index contributed by atoms with van der Waals surface area (Å²) in [5.74, 6) is 0.949. The SMILES string of the molecule is CCOC[C@H]1CCC[C@@]12CN(C(=O)c1cc(C)on1)CCO2. The van der Waals surface area contributed by atoms with Crippen LogP contribution in [0.1, 0.15) is 42.4 Å². The Morgan fingerprint density at radius 3 is 3.18 bits per heavy atom. The first-order valence-corrected chi connectivity index (χ1v) is 8.09. The van der Waals surface area contributed by atoms with E-state index in [0.29, 0.717) is 50.3 Å². The number of carbonyl (C=O) groups excluding carboxylic acids is 1. The van der Waals surface area contributed by atoms with Crippen LogP contribution in [-0.2, 0) is 9.47 Å². The molecule has 22 heavy (non-hydrogen) atoms. The summed E-state index contributed by atoms with van der Waals surface area (Å²) in [6.45, 7) is 7.02. The Hall–Kier alpha value is -1.40. The molecule has 0 aromatic carbocycles. The van der Waals surface area contributed by atoms with Crippen LogP contribution in [0.4, 0.5) is 0 Å². The van der Waals surface area contributed by atoms with Crippen molar-refractivity contribution < 1.29 is 18.8 Å². The van der Waals surface area contributed by atoms with Crippen molar-refractivity contribution in [1.82, 2.24) is 10.1 Å². The van der Waals surface area contributed by atoms with Crippen LogP contribution in [0.25, 0.3) is 0 Å². The van der Waals surface area contributed by atoms with Gasteiger partial charge in [-0.05, 0) is 26.7 Å². The molecule has 1 saturated carbocycles. The van der Waals surface area contributed by atoms with E-state index < -0.39 is 0 Å². The molecule has 1 aromatic rings. The highest BCUT2D eigenvalue weighted by Gasteiger charge is 2.48. The minimum atomic E-state index is -0.248. The molecule has 2 heterocycles. The van der Waals surface area contributed by atoms with Gasteiger partial charge in [0, 0.05) is 25.1 Å². The number of aromatic nitrogens is 1. The molecule has 0 radical (unpaired) electrons. The first-order valence-electron chi connectivity index (χ1n) is 8.09. The van der Waals surface area contributed by atoms with Crippen molar-refractivity contribution in [2.75, 3.05) is 32.9 Å². The second-order valence-electron chi connectivity index (χ2n) is 6.21. The topological polar surface area (TPSA) is 64.8 Å². The van der Waals surface area contributed by atoms with Crippen molar-refractivity contribution in [2.24, 2.45) is 5.92 Å². The summed E-state index contributed by atoms with van der Waals surface area (Å²) in [7, 11) is 0. The second-order valence-corrected chi connectivity index (χ2v) is 6.21. The van der Waals surface area contributed by atoms with E-state index in [1.165, 1.54) is 0 Å². The van der Waals surface area contributed by atoms with E-state index in [4.69, 9.17) is 14.0 Å². The van der Waals surface area contributed by atoms with E-state index in [-0.39, 0.29) is 11.5 Å². The molecule has 6 heteroatoms. The van der Waals surface area contributed by atoms with Gasteiger partial charge in [-0.15, -0.1) is 0 Å². The average Bonchev–Trinajstić information content (AvgIpc) is 3.11. The fourth-order valence-electron chi connectivity index (χ4n) is 3.62. The van der Waals surface area contributed by atoms with Gasteiger partial charge in [-0.2, -0.15) is 0 Å². The molecule has 2 atom stereocenters. The van der Waals surface area contributed by atoms with Gasteiger partial charge in [0.2, 0.25) is 0 Å². The Morgan fingerprint density at radius 2 is 2.45 bits per heavy atom. The molecule has 1 aliphatic carbocycles. The number of carbonyl (C=O) groups is 1. The maximum absolute atomic E-state index is 12.6. The van der Waals surface area contributed by atoms with Gasteiger partial charge in [-0.3, -0.25) is 4.79 Å². The van der Waals surface area contributed by atoms with Crippen molar-refractivity contribution in [1.29, 1.82) is 0 Å². The number of ether oxygens (including phenoxy) is 2. The Morgan fingerprint density at radius 1 is 1.59 bits per heavy atom. The molecule has 2 aliphatic rings. The highest BCUT2D eigenvalue weighted by Crippen LogP contribution is 2.41. The van der Waals surface area contributed by atoms with Crippen LogP contribution >= 0.6 is 0 Å². The maximum atomic E-state index is 12.6. The van der Waals surface area contributed by atoms with Crippen LogP contribution < -0.4 is 0 Å². The van der Waals surface area contributed by atoms with Crippen LogP contribution in [0.3, 0.4) is 0 Å². The zero-order chi connectivity index (χ0) is 15.6. The van der Waals surface area contributed by atoms with Crippen LogP contribution in [0.5, 0.6) is 0 Å². The van der Waals surface area contributed by atoms with Crippen molar-refractivity contribution in [3.8, 4) is 0 Å². The van der Waals surface area contributed by atoms with Crippen LogP contribution in [0.15, 0.2) is 10.6 Å². The molecule has 0 unspecified atom stereocenters. The lowest BCUT2D eigenvalue weighted by atomic mass is 9.89. The van der Waals surface area contributed by atoms with Gasteiger partial charge in [0.1, 0.15) is 5.76 Å². The number of aryl methyl sites for hydroxylation is 1. The Bertz CT molecular complexity index is 530. The minimum Gasteiger partial charge on any atom is -0.381 e.